The third kappa shape index (κ3) is 4.80. The Morgan fingerprint density at radius 2 is 2.07 bits per heavy atom. The average Bonchev–Trinajstić information content (AvgIpc) is 2.70. The molecule has 2 N–H and O–H groups in total. The van der Waals surface area contributed by atoms with E-state index in [0.29, 0.717) is 23.9 Å². The Morgan fingerprint density at radius 3 is 2.75 bits per heavy atom. The van der Waals surface area contributed by atoms with Gasteiger partial charge in [0.2, 0.25) is 0 Å². The summed E-state index contributed by atoms with van der Waals surface area (Å²) in [4.78, 5) is 15.1. The summed E-state index contributed by atoms with van der Waals surface area (Å²) in [6.45, 7) is 7.68. The van der Waals surface area contributed by atoms with Crippen molar-refractivity contribution in [2.24, 2.45) is 0 Å². The number of carbonyl (C=O) groups is 1. The first-order valence-corrected chi connectivity index (χ1v) is 9.61. The van der Waals surface area contributed by atoms with Crippen LogP contribution in [-0.2, 0) is 6.54 Å². The zero-order chi connectivity index (χ0) is 20.1. The van der Waals surface area contributed by atoms with Crippen molar-refractivity contribution in [3.05, 3.63) is 64.7 Å². The molecule has 0 amide bonds. The van der Waals surface area contributed by atoms with E-state index in [2.05, 4.69) is 17.1 Å². The molecule has 0 spiro atoms. The quantitative estimate of drug-likeness (QED) is 0.594. The van der Waals surface area contributed by atoms with Crippen molar-refractivity contribution >= 4 is 11.9 Å². The van der Waals surface area contributed by atoms with Crippen LogP contribution in [0.15, 0.2) is 42.5 Å². The van der Waals surface area contributed by atoms with E-state index in [9.17, 15) is 9.90 Å². The lowest BCUT2D eigenvalue weighted by Crippen LogP contribution is -2.49. The van der Waals surface area contributed by atoms with Crippen molar-refractivity contribution < 1.29 is 14.6 Å². The standard InChI is InChI=1S/C23H28N2O3/c1-16-4-6-18(7-5-16)8-9-21(26)20-12-19(23(28-3)13-22(20)27)15-25-11-10-24-14-17(25)2/h4-9,12-13,17,24,27H,10-11,14-15H2,1-3H3/b9-8+. The van der Waals surface area contributed by atoms with E-state index in [4.69, 9.17) is 4.74 Å². The third-order valence-corrected chi connectivity index (χ3v) is 5.18. The zero-order valence-corrected chi connectivity index (χ0v) is 16.7. The minimum Gasteiger partial charge on any atom is -0.507 e. The number of rotatable bonds is 6. The summed E-state index contributed by atoms with van der Waals surface area (Å²) in [5.74, 6) is 0.310. The molecule has 0 aliphatic carbocycles. The van der Waals surface area contributed by atoms with Gasteiger partial charge in [0.15, 0.2) is 5.78 Å². The summed E-state index contributed by atoms with van der Waals surface area (Å²) in [6, 6.07) is 11.6. The number of hydrogen-bond acceptors (Lipinski definition) is 5. The maximum absolute atomic E-state index is 12.7. The van der Waals surface area contributed by atoms with Gasteiger partial charge in [-0.05, 0) is 31.6 Å². The number of piperazine rings is 1. The van der Waals surface area contributed by atoms with Gasteiger partial charge in [0.1, 0.15) is 11.5 Å². The molecule has 5 nitrogen and oxygen atoms in total. The fourth-order valence-corrected chi connectivity index (χ4v) is 3.40. The van der Waals surface area contributed by atoms with E-state index in [1.807, 2.05) is 31.2 Å². The van der Waals surface area contributed by atoms with Gasteiger partial charge in [0.25, 0.3) is 0 Å². The number of carbonyl (C=O) groups excluding carboxylic acids is 1. The van der Waals surface area contributed by atoms with Crippen LogP contribution < -0.4 is 10.1 Å². The molecule has 1 saturated heterocycles. The first kappa shape index (κ1) is 20.1. The lowest BCUT2D eigenvalue weighted by atomic mass is 10.0. The minimum atomic E-state index is -0.227. The number of allylic oxidation sites excluding steroid dienone is 1. The number of ether oxygens (including phenoxy) is 1. The molecule has 28 heavy (non-hydrogen) atoms. The average molecular weight is 380 g/mol. The Morgan fingerprint density at radius 1 is 1.32 bits per heavy atom. The molecule has 2 aromatic carbocycles. The van der Waals surface area contributed by atoms with Gasteiger partial charge in [0.05, 0.1) is 12.7 Å². The number of nitrogens with zero attached hydrogens (tertiary/aromatic N) is 1. The molecule has 1 unspecified atom stereocenters. The highest BCUT2D eigenvalue weighted by Gasteiger charge is 2.21. The lowest BCUT2D eigenvalue weighted by Gasteiger charge is -2.34. The smallest absolute Gasteiger partial charge is 0.189 e. The maximum Gasteiger partial charge on any atom is 0.189 e. The maximum atomic E-state index is 12.7. The van der Waals surface area contributed by atoms with Crippen molar-refractivity contribution in [3.8, 4) is 11.5 Å². The molecule has 2 aromatic rings. The number of aryl methyl sites for hydroxylation is 1. The van der Waals surface area contributed by atoms with Gasteiger partial charge < -0.3 is 15.2 Å². The van der Waals surface area contributed by atoms with Crippen LogP contribution in [0.3, 0.4) is 0 Å². The first-order chi connectivity index (χ1) is 13.5. The molecule has 0 bridgehead atoms. The monoisotopic (exact) mass is 380 g/mol. The van der Waals surface area contributed by atoms with E-state index in [1.54, 1.807) is 19.3 Å². The molecular formula is C23H28N2O3. The zero-order valence-electron chi connectivity index (χ0n) is 16.7. The van der Waals surface area contributed by atoms with E-state index in [0.717, 1.165) is 30.8 Å². The Kier molecular flexibility index (Phi) is 6.49. The Labute approximate surface area is 166 Å². The largest absolute Gasteiger partial charge is 0.507 e. The van der Waals surface area contributed by atoms with Crippen LogP contribution in [-0.4, -0.2) is 48.6 Å². The number of hydrogen-bond donors (Lipinski definition) is 2. The van der Waals surface area contributed by atoms with Crippen molar-refractivity contribution in [1.82, 2.24) is 10.2 Å². The van der Waals surface area contributed by atoms with Crippen LogP contribution in [0.4, 0.5) is 0 Å². The van der Waals surface area contributed by atoms with E-state index < -0.39 is 0 Å². The molecule has 0 aromatic heterocycles. The SMILES string of the molecule is COc1cc(O)c(C(=O)/C=C/c2ccc(C)cc2)cc1CN1CCNCC1C. The summed E-state index contributed by atoms with van der Waals surface area (Å²) in [7, 11) is 1.58. The fraction of sp³-hybridized carbons (Fsp3) is 0.348. The summed E-state index contributed by atoms with van der Waals surface area (Å²) in [6.07, 6.45) is 3.27. The van der Waals surface area contributed by atoms with Gasteiger partial charge in [-0.15, -0.1) is 0 Å². The Balaban J connectivity index is 1.83. The summed E-state index contributed by atoms with van der Waals surface area (Å²) in [5, 5.41) is 13.7. The van der Waals surface area contributed by atoms with Gasteiger partial charge >= 0.3 is 0 Å². The van der Waals surface area contributed by atoms with Crippen LogP contribution in [0.5, 0.6) is 11.5 Å². The van der Waals surface area contributed by atoms with Crippen molar-refractivity contribution in [1.29, 1.82) is 0 Å². The van der Waals surface area contributed by atoms with Crippen LogP contribution >= 0.6 is 0 Å². The molecule has 1 heterocycles. The number of nitrogens with one attached hydrogen (secondary N) is 1. The molecule has 3 rings (SSSR count). The Bertz CT molecular complexity index is 859. The van der Waals surface area contributed by atoms with Crippen molar-refractivity contribution in [3.63, 3.8) is 0 Å². The van der Waals surface area contributed by atoms with Gasteiger partial charge in [-0.25, -0.2) is 0 Å². The second kappa shape index (κ2) is 9.04. The fourth-order valence-electron chi connectivity index (χ4n) is 3.40. The molecule has 148 valence electrons. The number of ketones is 1. The highest BCUT2D eigenvalue weighted by atomic mass is 16.5. The van der Waals surface area contributed by atoms with E-state index in [-0.39, 0.29) is 11.5 Å². The third-order valence-electron chi connectivity index (χ3n) is 5.18. The predicted octanol–water partition coefficient (Wildman–Crippen LogP) is 3.40. The van der Waals surface area contributed by atoms with Crippen LogP contribution in [0.25, 0.3) is 6.08 Å². The molecular weight excluding hydrogens is 352 g/mol. The second-order valence-corrected chi connectivity index (χ2v) is 7.31. The predicted molar refractivity (Wildman–Crippen MR) is 112 cm³/mol. The highest BCUT2D eigenvalue weighted by molar-refractivity contribution is 6.08. The van der Waals surface area contributed by atoms with Crippen LogP contribution in [0.2, 0.25) is 0 Å². The molecule has 5 heteroatoms. The molecule has 1 aliphatic rings. The van der Waals surface area contributed by atoms with Crippen LogP contribution in [0, 0.1) is 6.92 Å². The van der Waals surface area contributed by atoms with Gasteiger partial charge in [-0.1, -0.05) is 35.9 Å². The Hall–Kier alpha value is -2.63. The normalized spacial score (nSPS) is 17.8. The number of phenols is 1. The van der Waals surface area contributed by atoms with Gasteiger partial charge in [-0.2, -0.15) is 0 Å². The summed E-state index contributed by atoms with van der Waals surface area (Å²) >= 11 is 0. The molecule has 1 aliphatic heterocycles. The molecule has 0 saturated carbocycles. The van der Waals surface area contributed by atoms with Gasteiger partial charge in [0, 0.05) is 43.9 Å². The number of methoxy groups -OCH3 is 1. The summed E-state index contributed by atoms with van der Waals surface area (Å²) in [5.41, 5.74) is 3.31. The van der Waals surface area contributed by atoms with Crippen LogP contribution in [0.1, 0.15) is 34.0 Å². The van der Waals surface area contributed by atoms with Crippen molar-refractivity contribution in [2.45, 2.75) is 26.4 Å². The van der Waals surface area contributed by atoms with Crippen molar-refractivity contribution in [2.75, 3.05) is 26.7 Å². The van der Waals surface area contributed by atoms with Gasteiger partial charge in [-0.3, -0.25) is 9.69 Å². The number of aromatic hydroxyl groups is 1. The second-order valence-electron chi connectivity index (χ2n) is 7.31. The summed E-state index contributed by atoms with van der Waals surface area (Å²) < 4.78 is 5.45. The molecule has 1 fully saturated rings. The number of phenolic OH excluding ortho intramolecular Hbond substituents is 1. The molecule has 1 atom stereocenters. The van der Waals surface area contributed by atoms with E-state index >= 15 is 0 Å². The first-order valence-electron chi connectivity index (χ1n) is 9.61. The minimum absolute atomic E-state index is 0.0625. The molecule has 0 radical (unpaired) electrons. The number of benzene rings is 2. The van der Waals surface area contributed by atoms with E-state index in [1.165, 1.54) is 17.7 Å². The lowest BCUT2D eigenvalue weighted by molar-refractivity contribution is 0.104. The highest BCUT2D eigenvalue weighted by Crippen LogP contribution is 2.30. The topological polar surface area (TPSA) is 61.8 Å².